The monoisotopic (exact) mass is 933 g/mol. The first-order valence-corrected chi connectivity index (χ1v) is 26.1. The third kappa shape index (κ3) is 7.81. The van der Waals surface area contributed by atoms with Gasteiger partial charge in [0.05, 0.1) is 11.1 Å². The van der Waals surface area contributed by atoms with Crippen LogP contribution in [0.4, 0.5) is 17.1 Å². The topological polar surface area (TPSA) is 3.24 Å². The molecule has 2 heteroatoms. The van der Waals surface area contributed by atoms with E-state index in [2.05, 4.69) is 271 Å². The summed E-state index contributed by atoms with van der Waals surface area (Å²) < 4.78 is 0. The molecule has 12 rings (SSSR count). The maximum Gasteiger partial charge on any atom is 0.0714 e. The Labute approximate surface area is 424 Å². The van der Waals surface area contributed by atoms with Gasteiger partial charge < -0.3 is 4.90 Å². The van der Waals surface area contributed by atoms with Gasteiger partial charge in [-0.25, -0.2) is 0 Å². The lowest BCUT2D eigenvalue weighted by atomic mass is 9.67. The first kappa shape index (κ1) is 44.8. The first-order valence-electron chi connectivity index (χ1n) is 25.2. The fourth-order valence-electron chi connectivity index (χ4n) is 11.6. The third-order valence-electron chi connectivity index (χ3n) is 15.2. The van der Waals surface area contributed by atoms with Gasteiger partial charge >= 0.3 is 0 Å². The molecular weight excluding hydrogens is 875 g/mol. The fourth-order valence-corrected chi connectivity index (χ4v) is 12.6. The quantitative estimate of drug-likeness (QED) is 0.169. The summed E-state index contributed by atoms with van der Waals surface area (Å²) in [5, 5.41) is 2.42. The minimum atomic E-state index is -0.529. The number of nitrogens with zero attached hydrogens (tertiary/aromatic N) is 1. The van der Waals surface area contributed by atoms with Crippen LogP contribution in [-0.2, 0) is 29.1 Å². The van der Waals surface area contributed by atoms with Gasteiger partial charge in [0.15, 0.2) is 0 Å². The zero-order chi connectivity index (χ0) is 48.5. The van der Waals surface area contributed by atoms with Crippen molar-refractivity contribution in [2.45, 2.75) is 80.4 Å². The maximum atomic E-state index is 2.53. The van der Waals surface area contributed by atoms with Gasteiger partial charge in [-0.2, -0.15) is 0 Å². The molecular formula is C69H59NS. The molecule has 1 aliphatic carbocycles. The molecule has 10 aromatic carbocycles. The van der Waals surface area contributed by atoms with Crippen LogP contribution in [0.5, 0.6) is 0 Å². The minimum Gasteiger partial charge on any atom is -0.310 e. The van der Waals surface area contributed by atoms with E-state index in [1.54, 1.807) is 0 Å². The Morgan fingerprint density at radius 3 is 1.59 bits per heavy atom. The van der Waals surface area contributed by atoms with Crippen LogP contribution in [0.1, 0.15) is 97.2 Å². The molecule has 1 nitrogen and oxygen atoms in total. The molecule has 0 fully saturated rings. The summed E-state index contributed by atoms with van der Waals surface area (Å²) in [5.74, 6) is 0. The summed E-state index contributed by atoms with van der Waals surface area (Å²) in [6, 6.07) is 85.2. The van der Waals surface area contributed by atoms with Crippen molar-refractivity contribution in [1.82, 2.24) is 0 Å². The summed E-state index contributed by atoms with van der Waals surface area (Å²) in [6.07, 6.45) is 1.65. The van der Waals surface area contributed by atoms with E-state index in [-0.39, 0.29) is 10.8 Å². The average molecular weight is 934 g/mol. The molecule has 71 heavy (non-hydrogen) atoms. The Morgan fingerprint density at radius 2 is 0.901 bits per heavy atom. The number of rotatable bonds is 5. The normalized spacial score (nSPS) is 13.7. The molecule has 10 aromatic rings. The fraction of sp³-hybridized carbons (Fsp3) is 0.159. The number of hydrogen-bond acceptors (Lipinski definition) is 2. The van der Waals surface area contributed by atoms with E-state index in [1.165, 1.54) is 98.5 Å². The second kappa shape index (κ2) is 17.5. The number of fused-ring (bicyclic) bond motifs is 9. The highest BCUT2D eigenvalue weighted by molar-refractivity contribution is 7.99. The SMILES string of the molecule is CC(C)(C)c1ccc2c(c1)Cc1ccccc1Sc1ccc(N(c3ccc4c(c3)C(c3ccccc3)(c3ccccc3)c3ccccc3-4)c3cccc4ccccc34)cc1Cc1cc(C(C)(C)C)ccc1-2. The number of anilines is 3. The lowest BCUT2D eigenvalue weighted by Gasteiger charge is -2.35. The van der Waals surface area contributed by atoms with Crippen LogP contribution in [0.2, 0.25) is 0 Å². The van der Waals surface area contributed by atoms with Gasteiger partial charge in [-0.05, 0) is 149 Å². The Hall–Kier alpha value is -7.39. The van der Waals surface area contributed by atoms with Crippen molar-refractivity contribution < 1.29 is 0 Å². The van der Waals surface area contributed by atoms with Crippen molar-refractivity contribution in [3.8, 4) is 22.3 Å². The Morgan fingerprint density at radius 1 is 0.380 bits per heavy atom. The van der Waals surface area contributed by atoms with Gasteiger partial charge in [0.1, 0.15) is 0 Å². The summed E-state index contributed by atoms with van der Waals surface area (Å²) in [7, 11) is 0. The molecule has 0 N–H and O–H groups in total. The minimum absolute atomic E-state index is 0.0110. The lowest BCUT2D eigenvalue weighted by Crippen LogP contribution is -2.28. The first-order chi connectivity index (χ1) is 34.4. The van der Waals surface area contributed by atoms with Crippen LogP contribution < -0.4 is 4.90 Å². The molecule has 346 valence electrons. The van der Waals surface area contributed by atoms with Gasteiger partial charge in [-0.1, -0.05) is 235 Å². The van der Waals surface area contributed by atoms with E-state index in [9.17, 15) is 0 Å². The summed E-state index contributed by atoms with van der Waals surface area (Å²) in [5.41, 5.74) is 21.3. The highest BCUT2D eigenvalue weighted by Crippen LogP contribution is 2.57. The smallest absolute Gasteiger partial charge is 0.0714 e. The zero-order valence-electron chi connectivity index (χ0n) is 41.6. The molecule has 1 aliphatic heterocycles. The second-order valence-electron chi connectivity index (χ2n) is 21.7. The lowest BCUT2D eigenvalue weighted by molar-refractivity contribution is 0.589. The average Bonchev–Trinajstić information content (AvgIpc) is 3.68. The molecule has 0 saturated carbocycles. The van der Waals surface area contributed by atoms with Crippen LogP contribution in [0.3, 0.4) is 0 Å². The Balaban J connectivity index is 1.11. The zero-order valence-corrected chi connectivity index (χ0v) is 42.4. The van der Waals surface area contributed by atoms with Crippen molar-refractivity contribution in [3.63, 3.8) is 0 Å². The van der Waals surface area contributed by atoms with Crippen molar-refractivity contribution in [2.75, 3.05) is 4.90 Å². The van der Waals surface area contributed by atoms with Gasteiger partial charge in [-0.3, -0.25) is 0 Å². The van der Waals surface area contributed by atoms with E-state index < -0.39 is 5.41 Å². The van der Waals surface area contributed by atoms with Gasteiger partial charge in [-0.15, -0.1) is 0 Å². The van der Waals surface area contributed by atoms with Crippen LogP contribution in [0.25, 0.3) is 33.0 Å². The van der Waals surface area contributed by atoms with Crippen molar-refractivity contribution >= 4 is 39.6 Å². The van der Waals surface area contributed by atoms with Gasteiger partial charge in [0.25, 0.3) is 0 Å². The van der Waals surface area contributed by atoms with Crippen LogP contribution in [0, 0.1) is 0 Å². The molecule has 0 atom stereocenters. The predicted octanol–water partition coefficient (Wildman–Crippen LogP) is 18.6. The summed E-state index contributed by atoms with van der Waals surface area (Å²) in [4.78, 5) is 5.12. The van der Waals surface area contributed by atoms with E-state index in [0.717, 1.165) is 29.9 Å². The second-order valence-corrected chi connectivity index (χ2v) is 22.8. The summed E-state index contributed by atoms with van der Waals surface area (Å²) in [6.45, 7) is 14.0. The van der Waals surface area contributed by atoms with Crippen molar-refractivity contribution in [2.24, 2.45) is 0 Å². The molecule has 0 saturated heterocycles. The van der Waals surface area contributed by atoms with E-state index in [1.807, 2.05) is 11.8 Å². The van der Waals surface area contributed by atoms with Crippen LogP contribution >= 0.6 is 11.8 Å². The molecule has 2 aliphatic rings. The molecule has 0 spiro atoms. The molecule has 0 radical (unpaired) electrons. The van der Waals surface area contributed by atoms with E-state index >= 15 is 0 Å². The summed E-state index contributed by atoms with van der Waals surface area (Å²) >= 11 is 1.92. The highest BCUT2D eigenvalue weighted by atomic mass is 32.2. The molecule has 0 unspecified atom stereocenters. The Bertz CT molecular complexity index is 3600. The number of benzene rings is 10. The molecule has 0 amide bonds. The number of hydrogen-bond donors (Lipinski definition) is 0. The van der Waals surface area contributed by atoms with Crippen LogP contribution in [0.15, 0.2) is 234 Å². The Kier molecular flexibility index (Phi) is 11.0. The largest absolute Gasteiger partial charge is 0.310 e. The van der Waals surface area contributed by atoms with Crippen molar-refractivity contribution in [3.05, 3.63) is 280 Å². The predicted molar refractivity (Wildman–Crippen MR) is 301 cm³/mol. The van der Waals surface area contributed by atoms with Gasteiger partial charge in [0, 0.05) is 26.6 Å². The van der Waals surface area contributed by atoms with E-state index in [4.69, 9.17) is 0 Å². The van der Waals surface area contributed by atoms with E-state index in [0.29, 0.717) is 0 Å². The standard InChI is InChI=1S/C69H59NS/c1-67(2,3)53-32-36-57-48(42-53)40-47-21-14-18-31-65(47)71-66-39-35-55(44-50(66)41-49-43-54(68(4,5)6)33-37-58(49)57)70(64-30-19-22-46-20-13-15-27-59(46)64)56-34-38-61-60-28-16-17-29-62(60)69(63(61)45-56,51-23-9-7-10-24-51)52-25-11-8-12-26-52/h7-39,42-45H,40-41H2,1-6H3. The van der Waals surface area contributed by atoms with Crippen LogP contribution in [-0.4, -0.2) is 0 Å². The molecule has 1 heterocycles. The van der Waals surface area contributed by atoms with Crippen molar-refractivity contribution in [1.29, 1.82) is 0 Å². The maximum absolute atomic E-state index is 2.53. The highest BCUT2D eigenvalue weighted by Gasteiger charge is 2.46. The molecule has 0 aromatic heterocycles. The molecule has 0 bridgehead atoms. The third-order valence-corrected chi connectivity index (χ3v) is 16.4. The van der Waals surface area contributed by atoms with Gasteiger partial charge in [0.2, 0.25) is 0 Å².